The summed E-state index contributed by atoms with van der Waals surface area (Å²) in [5, 5.41) is 0. The second-order valence-electron chi connectivity index (χ2n) is 5.82. The highest BCUT2D eigenvalue weighted by molar-refractivity contribution is 4.52. The lowest BCUT2D eigenvalue weighted by Crippen LogP contribution is -2.51. The van der Waals surface area contributed by atoms with Crippen molar-refractivity contribution >= 4 is 0 Å². The fourth-order valence-corrected chi connectivity index (χ4v) is 2.84. The molecule has 0 spiro atoms. The summed E-state index contributed by atoms with van der Waals surface area (Å²) in [6, 6.07) is 0. The van der Waals surface area contributed by atoms with Crippen LogP contribution in [0.3, 0.4) is 0 Å². The number of hydrogen-bond acceptors (Lipinski definition) is 0. The Morgan fingerprint density at radius 1 is 0.381 bits per heavy atom. The van der Waals surface area contributed by atoms with Gasteiger partial charge in [-0.25, -0.2) is 0 Å². The van der Waals surface area contributed by atoms with E-state index in [2.05, 4.69) is 0 Å². The molecule has 0 saturated carbocycles. The van der Waals surface area contributed by atoms with Crippen LogP contribution in [0, 0.1) is 0 Å². The molecule has 0 aromatic carbocycles. The van der Waals surface area contributed by atoms with E-state index in [1.54, 1.807) is 0 Å². The lowest BCUT2D eigenvalue weighted by atomic mass is 10.1. The third kappa shape index (κ3) is 11.0. The first-order chi connectivity index (χ1) is 10.2. The summed E-state index contributed by atoms with van der Waals surface area (Å²) in [5.74, 6) is 0. The van der Waals surface area contributed by atoms with Crippen LogP contribution in [0.5, 0.6) is 0 Å². The third-order valence-corrected chi connectivity index (χ3v) is 4.06. The molecule has 0 aromatic heterocycles. The molecule has 0 aliphatic heterocycles. The van der Waals surface area contributed by atoms with Crippen LogP contribution >= 0.6 is 0 Å². The summed E-state index contributed by atoms with van der Waals surface area (Å²) >= 11 is 0. The second-order valence-corrected chi connectivity index (χ2v) is 5.82. The molecule has 0 heterocycles. The quantitative estimate of drug-likeness (QED) is 0.218. The van der Waals surface area contributed by atoms with Gasteiger partial charge in [0.2, 0.25) is 0 Å². The normalized spacial score (nSPS) is 12.0. The Hall–Kier alpha value is -0.320. The molecule has 0 radical (unpaired) electrons. The Morgan fingerprint density at radius 2 is 0.619 bits per heavy atom. The van der Waals surface area contributed by atoms with Gasteiger partial charge in [-0.05, 0) is 51.4 Å². The van der Waals surface area contributed by atoms with Gasteiger partial charge in [0.05, 0.1) is 52.9 Å². The third-order valence-electron chi connectivity index (χ3n) is 4.06. The van der Waals surface area contributed by atoms with Crippen molar-refractivity contribution in [2.24, 2.45) is 0 Å². The van der Waals surface area contributed by atoms with Crippen LogP contribution in [0.25, 0.3) is 0 Å². The SMILES string of the molecule is FCCCC[N+](CCCCF)(CCCCF)CCCCF. The van der Waals surface area contributed by atoms with Gasteiger partial charge in [0.25, 0.3) is 0 Å². The Morgan fingerprint density at radius 3 is 0.810 bits per heavy atom. The van der Waals surface area contributed by atoms with Gasteiger partial charge < -0.3 is 4.48 Å². The van der Waals surface area contributed by atoms with Crippen molar-refractivity contribution in [3.63, 3.8) is 0 Å². The van der Waals surface area contributed by atoms with Crippen molar-refractivity contribution in [2.45, 2.75) is 51.4 Å². The highest BCUT2D eigenvalue weighted by Crippen LogP contribution is 2.17. The lowest BCUT2D eigenvalue weighted by molar-refractivity contribution is -0.929. The summed E-state index contributed by atoms with van der Waals surface area (Å²) < 4.78 is 50.1. The molecule has 0 rings (SSSR count). The predicted octanol–water partition coefficient (Wildman–Crippen LogP) is 4.80. The zero-order valence-corrected chi connectivity index (χ0v) is 13.3. The number of unbranched alkanes of at least 4 members (excludes halogenated alkanes) is 4. The number of quaternary nitrogens is 1. The standard InChI is InChI=1S/C16H32F4N/c17-9-1-5-13-21(14-6-2-10-18,15-7-3-11-19)16-8-4-12-20/h1-16H2/q+1. The van der Waals surface area contributed by atoms with Crippen LogP contribution in [0.1, 0.15) is 51.4 Å². The van der Waals surface area contributed by atoms with Gasteiger partial charge in [0.1, 0.15) is 0 Å². The number of hydrogen-bond donors (Lipinski definition) is 0. The van der Waals surface area contributed by atoms with Crippen molar-refractivity contribution < 1.29 is 22.0 Å². The Labute approximate surface area is 127 Å². The molecule has 0 unspecified atom stereocenters. The van der Waals surface area contributed by atoms with E-state index in [1.807, 2.05) is 0 Å². The minimum Gasteiger partial charge on any atom is -0.324 e. The molecule has 1 nitrogen and oxygen atoms in total. The zero-order chi connectivity index (χ0) is 15.8. The smallest absolute Gasteiger partial charge is 0.0896 e. The molecular formula is C16H32F4N+. The van der Waals surface area contributed by atoms with Crippen molar-refractivity contribution in [1.29, 1.82) is 0 Å². The number of halogens is 4. The highest BCUT2D eigenvalue weighted by atomic mass is 19.1. The molecule has 0 aromatic rings. The van der Waals surface area contributed by atoms with E-state index in [0.29, 0.717) is 25.7 Å². The molecular weight excluding hydrogens is 282 g/mol. The van der Waals surface area contributed by atoms with Gasteiger partial charge in [-0.2, -0.15) is 0 Å². The molecule has 128 valence electrons. The van der Waals surface area contributed by atoms with Crippen LogP contribution in [0.4, 0.5) is 17.6 Å². The molecule has 0 fully saturated rings. The summed E-state index contributed by atoms with van der Waals surface area (Å²) in [6.07, 6.45) is 5.30. The minimum absolute atomic E-state index is 0.320. The lowest BCUT2D eigenvalue weighted by Gasteiger charge is -2.39. The largest absolute Gasteiger partial charge is 0.324 e. The molecule has 0 atom stereocenters. The monoisotopic (exact) mass is 314 g/mol. The van der Waals surface area contributed by atoms with Gasteiger partial charge in [-0.1, -0.05) is 0 Å². The van der Waals surface area contributed by atoms with Gasteiger partial charge >= 0.3 is 0 Å². The number of nitrogens with zero attached hydrogens (tertiary/aromatic N) is 1. The van der Waals surface area contributed by atoms with Crippen molar-refractivity contribution in [2.75, 3.05) is 52.9 Å². The maximum atomic E-state index is 12.3. The van der Waals surface area contributed by atoms with Gasteiger partial charge in [0.15, 0.2) is 0 Å². The summed E-state index contributed by atoms with van der Waals surface area (Å²) in [6.45, 7) is 2.09. The van der Waals surface area contributed by atoms with Crippen LogP contribution in [0.15, 0.2) is 0 Å². The number of rotatable bonds is 16. The Kier molecular flexibility index (Phi) is 14.4. The van der Waals surface area contributed by atoms with E-state index in [9.17, 15) is 17.6 Å². The molecule has 0 aliphatic carbocycles. The van der Waals surface area contributed by atoms with Crippen molar-refractivity contribution in [1.82, 2.24) is 0 Å². The van der Waals surface area contributed by atoms with Crippen LogP contribution < -0.4 is 0 Å². The van der Waals surface area contributed by atoms with Gasteiger partial charge in [0, 0.05) is 0 Å². The number of alkyl halides is 4. The van der Waals surface area contributed by atoms with Crippen LogP contribution in [-0.4, -0.2) is 57.4 Å². The second kappa shape index (κ2) is 14.6. The van der Waals surface area contributed by atoms with E-state index in [0.717, 1.165) is 56.3 Å². The summed E-state index contributed by atoms with van der Waals surface area (Å²) in [7, 11) is 0. The van der Waals surface area contributed by atoms with Crippen molar-refractivity contribution in [3.05, 3.63) is 0 Å². The molecule has 0 amide bonds. The topological polar surface area (TPSA) is 0 Å². The van der Waals surface area contributed by atoms with Crippen molar-refractivity contribution in [3.8, 4) is 0 Å². The molecule has 0 N–H and O–H groups in total. The summed E-state index contributed by atoms with van der Waals surface area (Å²) in [4.78, 5) is 0. The molecule has 0 bridgehead atoms. The minimum atomic E-state index is -0.320. The molecule has 21 heavy (non-hydrogen) atoms. The van der Waals surface area contributed by atoms with E-state index < -0.39 is 0 Å². The first-order valence-corrected chi connectivity index (χ1v) is 8.33. The van der Waals surface area contributed by atoms with Gasteiger partial charge in [-0.3, -0.25) is 17.6 Å². The fourth-order valence-electron chi connectivity index (χ4n) is 2.84. The Balaban J connectivity index is 4.52. The summed E-state index contributed by atoms with van der Waals surface area (Å²) in [5.41, 5.74) is 0. The maximum Gasteiger partial charge on any atom is 0.0896 e. The first-order valence-electron chi connectivity index (χ1n) is 8.33. The van der Waals surface area contributed by atoms with E-state index >= 15 is 0 Å². The van der Waals surface area contributed by atoms with Gasteiger partial charge in [-0.15, -0.1) is 0 Å². The zero-order valence-electron chi connectivity index (χ0n) is 13.3. The fraction of sp³-hybridized carbons (Fsp3) is 1.00. The van der Waals surface area contributed by atoms with E-state index in [1.165, 1.54) is 0 Å². The predicted molar refractivity (Wildman–Crippen MR) is 80.6 cm³/mol. The molecule has 5 heteroatoms. The molecule has 0 saturated heterocycles. The first kappa shape index (κ1) is 20.7. The average molecular weight is 314 g/mol. The van der Waals surface area contributed by atoms with Crippen LogP contribution in [0.2, 0.25) is 0 Å². The average Bonchev–Trinajstić information content (AvgIpc) is 2.48. The molecule has 0 aliphatic rings. The highest BCUT2D eigenvalue weighted by Gasteiger charge is 2.25. The Bertz CT molecular complexity index is 169. The van der Waals surface area contributed by atoms with E-state index in [4.69, 9.17) is 0 Å². The maximum absolute atomic E-state index is 12.3. The van der Waals surface area contributed by atoms with E-state index in [-0.39, 0.29) is 26.7 Å². The van der Waals surface area contributed by atoms with Crippen LogP contribution in [-0.2, 0) is 0 Å².